The van der Waals surface area contributed by atoms with Gasteiger partial charge in [-0.3, -0.25) is 4.55 Å². The molecule has 0 radical (unpaired) electrons. The summed E-state index contributed by atoms with van der Waals surface area (Å²) in [5.41, 5.74) is 30.2. The highest BCUT2D eigenvalue weighted by molar-refractivity contribution is 7.99. The minimum absolute atomic E-state index is 0.0135. The molecule has 0 saturated carbocycles. The van der Waals surface area contributed by atoms with E-state index < -0.39 is 10.1 Å². The number of thioether (sulfide) groups is 1. The number of aliphatic hydroxyl groups is 1. The highest BCUT2D eigenvalue weighted by atomic mass is 32.3. The number of nitrogens with two attached hydrogens (primary N) is 4. The molecule has 0 atom stereocenters. The second-order valence-electron chi connectivity index (χ2n) is 13.0. The van der Waals surface area contributed by atoms with Gasteiger partial charge in [-0.1, -0.05) is 23.1 Å². The molecule has 0 unspecified atom stereocenters. The Morgan fingerprint density at radius 2 is 1.20 bits per heavy atom. The molecule has 0 spiro atoms. The second-order valence-corrected chi connectivity index (χ2v) is 20.0. The number of nitrogen functional groups attached to an aromatic ring is 4. The van der Waals surface area contributed by atoms with Gasteiger partial charge in [0.25, 0.3) is 0 Å². The highest BCUT2D eigenvalue weighted by Crippen LogP contribution is 2.39. The van der Waals surface area contributed by atoms with Gasteiger partial charge in [0.2, 0.25) is 11.9 Å². The fourth-order valence-corrected chi connectivity index (χ4v) is 11.6. The number of nitrogens with zero attached hydrogens (tertiary/aromatic N) is 7. The van der Waals surface area contributed by atoms with Crippen LogP contribution in [0.2, 0.25) is 0 Å². The molecule has 2 aromatic carbocycles. The SMILES string of the molecule is CCN(CC)c1ccc(N)c(Nc2nc(Nc3cc(N(CC)CC)ccc3N)nc(SCCO)n2)c1.Cc1c(S(=O)(=O)O)sc2nsc(N)c12.Cc1c(S)sc2nsc(N)c12. The highest BCUT2D eigenvalue weighted by Gasteiger charge is 2.22. The first kappa shape index (κ1) is 47.6. The number of thiophene rings is 2. The Labute approximate surface area is 380 Å². The van der Waals surface area contributed by atoms with Crippen molar-refractivity contribution in [3.63, 3.8) is 0 Å². The van der Waals surface area contributed by atoms with Gasteiger partial charge in [-0.25, -0.2) is 0 Å². The van der Waals surface area contributed by atoms with E-state index >= 15 is 0 Å². The number of aryl methyl sites for hydroxylation is 2. The standard InChI is InChI=1S/C25H37N9OS.C6H6N2O3S3.C6H6N2S3/c1-5-33(6-2)17-9-11-19(26)21(15-17)28-23-30-24(32-25(31-23)36-14-13-35)29-22-16-18(10-12-20(22)27)34(7-3)8-4;1-2-3-4(7)13-8-5(3)12-6(2)14(9,10)11;1-2-3-4(7)11-8-5(3)10-6(2)9/h9-12,15-16,35H,5-8,13-14,26-27H2,1-4H3,(H2,28,29,30,31,32);7H2,1H3,(H,9,10,11);9H,7H2,1H3. The maximum atomic E-state index is 10.9. The van der Waals surface area contributed by atoms with Crippen LogP contribution in [0.25, 0.3) is 20.4 Å². The van der Waals surface area contributed by atoms with Gasteiger partial charge in [-0.15, -0.1) is 24.0 Å². The first-order valence-corrected chi connectivity index (χ1v) is 24.9. The molecule has 17 nitrogen and oxygen atoms in total. The Bertz CT molecular complexity index is 2610. The number of fused-ring (bicyclic) bond motifs is 2. The van der Waals surface area contributed by atoms with Gasteiger partial charge in [0.1, 0.15) is 19.7 Å². The summed E-state index contributed by atoms with van der Waals surface area (Å²) < 4.78 is 39.9. The Hall–Kier alpha value is -4.40. The first-order valence-electron chi connectivity index (χ1n) is 18.8. The molecule has 328 valence electrons. The van der Waals surface area contributed by atoms with Gasteiger partial charge in [0.15, 0.2) is 9.37 Å². The molecule has 7 aromatic rings. The second kappa shape index (κ2) is 21.1. The summed E-state index contributed by atoms with van der Waals surface area (Å²) in [7, 11) is -4.15. The molecule has 7 rings (SSSR count). The average Bonchev–Trinajstić information content (AvgIpc) is 3.97. The third-order valence-corrected chi connectivity index (χ3v) is 15.8. The number of hydrogen-bond donors (Lipinski definition) is 9. The molecule has 12 N–H and O–H groups in total. The molecular formula is C37H49N13O4S7. The lowest BCUT2D eigenvalue weighted by Gasteiger charge is -2.22. The van der Waals surface area contributed by atoms with Gasteiger partial charge in [-0.2, -0.15) is 32.1 Å². The van der Waals surface area contributed by atoms with Crippen molar-refractivity contribution < 1.29 is 18.1 Å². The normalized spacial score (nSPS) is 11.2. The molecule has 0 bridgehead atoms. The van der Waals surface area contributed by atoms with E-state index in [2.05, 4.69) is 84.5 Å². The molecule has 0 amide bonds. The van der Waals surface area contributed by atoms with Crippen LogP contribution >= 0.6 is 70.1 Å². The van der Waals surface area contributed by atoms with Gasteiger partial charge < -0.3 is 48.5 Å². The summed E-state index contributed by atoms with van der Waals surface area (Å²) in [5, 5.41) is 19.3. The molecule has 61 heavy (non-hydrogen) atoms. The monoisotopic (exact) mass is 963 g/mol. The minimum atomic E-state index is -4.15. The van der Waals surface area contributed by atoms with Crippen LogP contribution in [0, 0.1) is 13.8 Å². The summed E-state index contributed by atoms with van der Waals surface area (Å²) >= 11 is 10.6. The fourth-order valence-electron chi connectivity index (χ4n) is 5.98. The zero-order valence-corrected chi connectivity index (χ0v) is 40.0. The number of anilines is 10. The van der Waals surface area contributed by atoms with Crippen LogP contribution in [0.1, 0.15) is 38.8 Å². The van der Waals surface area contributed by atoms with Crippen molar-refractivity contribution in [1.29, 1.82) is 0 Å². The van der Waals surface area contributed by atoms with Gasteiger partial charge >= 0.3 is 10.1 Å². The minimum Gasteiger partial charge on any atom is -0.397 e. The van der Waals surface area contributed by atoms with Crippen LogP contribution in [0.5, 0.6) is 0 Å². The number of benzene rings is 2. The van der Waals surface area contributed by atoms with Crippen molar-refractivity contribution in [2.45, 2.75) is 55.1 Å². The molecule has 24 heteroatoms. The Balaban J connectivity index is 0.000000225. The number of aliphatic hydroxyl groups excluding tert-OH is 1. The zero-order chi connectivity index (χ0) is 44.6. The maximum absolute atomic E-state index is 10.9. The number of nitrogens with one attached hydrogen (secondary N) is 2. The summed E-state index contributed by atoms with van der Waals surface area (Å²) in [6.07, 6.45) is 0. The van der Waals surface area contributed by atoms with E-state index in [1.54, 1.807) is 18.3 Å². The molecule has 0 aliphatic rings. The molecular weight excluding hydrogens is 915 g/mol. The van der Waals surface area contributed by atoms with Gasteiger partial charge in [0.05, 0.1) is 44.3 Å². The topological polar surface area (TPSA) is 274 Å². The van der Waals surface area contributed by atoms with Crippen LogP contribution in [0.3, 0.4) is 0 Å². The van der Waals surface area contributed by atoms with E-state index in [1.807, 2.05) is 43.3 Å². The van der Waals surface area contributed by atoms with E-state index in [1.165, 1.54) is 23.3 Å². The molecule has 0 saturated heterocycles. The number of aromatic nitrogens is 5. The van der Waals surface area contributed by atoms with Crippen LogP contribution in [0.4, 0.5) is 56.0 Å². The largest absolute Gasteiger partial charge is 0.397 e. The molecule has 5 aromatic heterocycles. The maximum Gasteiger partial charge on any atom is 0.304 e. The van der Waals surface area contributed by atoms with E-state index in [-0.39, 0.29) is 10.8 Å². The van der Waals surface area contributed by atoms with E-state index in [0.29, 0.717) is 66.3 Å². The van der Waals surface area contributed by atoms with Crippen molar-refractivity contribution in [2.24, 2.45) is 0 Å². The quantitative estimate of drug-likeness (QED) is 0.0214. The third-order valence-electron chi connectivity index (χ3n) is 9.13. The lowest BCUT2D eigenvalue weighted by Crippen LogP contribution is -2.22. The van der Waals surface area contributed by atoms with Crippen molar-refractivity contribution in [1.82, 2.24) is 23.7 Å². The van der Waals surface area contributed by atoms with Crippen molar-refractivity contribution in [2.75, 3.05) is 81.9 Å². The number of rotatable bonds is 14. The van der Waals surface area contributed by atoms with Crippen molar-refractivity contribution in [3.05, 3.63) is 47.5 Å². The smallest absolute Gasteiger partial charge is 0.304 e. The summed E-state index contributed by atoms with van der Waals surface area (Å²) in [4.78, 5) is 19.7. The summed E-state index contributed by atoms with van der Waals surface area (Å²) in [6, 6.07) is 11.7. The zero-order valence-electron chi connectivity index (χ0n) is 34.3. The molecule has 0 aliphatic heterocycles. The van der Waals surface area contributed by atoms with Crippen molar-refractivity contribution >= 4 is 157 Å². The number of thiol groups is 1. The van der Waals surface area contributed by atoms with E-state index in [9.17, 15) is 13.5 Å². The molecule has 5 heterocycles. The lowest BCUT2D eigenvalue weighted by molar-refractivity contribution is 0.322. The van der Waals surface area contributed by atoms with Crippen molar-refractivity contribution in [3.8, 4) is 0 Å². The first-order chi connectivity index (χ1) is 29.0. The van der Waals surface area contributed by atoms with Crippen LogP contribution in [0.15, 0.2) is 50.0 Å². The average molecular weight is 964 g/mol. The van der Waals surface area contributed by atoms with Gasteiger partial charge in [0, 0.05) is 43.3 Å². The Morgan fingerprint density at radius 3 is 1.61 bits per heavy atom. The summed E-state index contributed by atoms with van der Waals surface area (Å²) in [6.45, 7) is 15.6. The fraction of sp³-hybridized carbons (Fsp3) is 0.324. The predicted octanol–water partition coefficient (Wildman–Crippen LogP) is 8.33. The van der Waals surface area contributed by atoms with Gasteiger partial charge in [-0.05, 0) is 112 Å². The third kappa shape index (κ3) is 11.6. The van der Waals surface area contributed by atoms with E-state index in [0.717, 1.165) is 85.4 Å². The molecule has 0 aliphatic carbocycles. The Kier molecular flexibility index (Phi) is 16.5. The Morgan fingerprint density at radius 1 is 0.738 bits per heavy atom. The molecule has 0 fully saturated rings. The number of hydrogen-bond acceptors (Lipinski definition) is 22. The van der Waals surface area contributed by atoms with Crippen LogP contribution < -0.4 is 43.4 Å². The summed E-state index contributed by atoms with van der Waals surface area (Å²) in [5.74, 6) is 1.15. The van der Waals surface area contributed by atoms with E-state index in [4.69, 9.17) is 27.5 Å². The van der Waals surface area contributed by atoms with Crippen LogP contribution in [-0.4, -0.2) is 80.3 Å². The van der Waals surface area contributed by atoms with Crippen LogP contribution in [-0.2, 0) is 10.1 Å². The lowest BCUT2D eigenvalue weighted by atomic mass is 10.2. The predicted molar refractivity (Wildman–Crippen MR) is 263 cm³/mol.